The van der Waals surface area contributed by atoms with Crippen LogP contribution in [0.5, 0.6) is 0 Å². The SMILES string of the molecule is Cc1cc(NC(=O)COC(=O)CCN2C(=O)c3cccc([N+](=O)[O-])c3C2=O)no1. The maximum Gasteiger partial charge on any atom is 0.308 e. The minimum absolute atomic E-state index is 0.0974. The molecule has 29 heavy (non-hydrogen) atoms. The number of imide groups is 1. The van der Waals surface area contributed by atoms with E-state index in [0.29, 0.717) is 5.76 Å². The second kappa shape index (κ2) is 7.88. The van der Waals surface area contributed by atoms with Gasteiger partial charge >= 0.3 is 5.97 Å². The van der Waals surface area contributed by atoms with E-state index in [2.05, 4.69) is 10.5 Å². The third-order valence-corrected chi connectivity index (χ3v) is 3.97. The van der Waals surface area contributed by atoms with Gasteiger partial charge in [0.2, 0.25) is 0 Å². The van der Waals surface area contributed by atoms with E-state index in [4.69, 9.17) is 9.26 Å². The summed E-state index contributed by atoms with van der Waals surface area (Å²) in [5, 5.41) is 17.0. The van der Waals surface area contributed by atoms with Crippen LogP contribution in [0.3, 0.4) is 0 Å². The van der Waals surface area contributed by atoms with Crippen LogP contribution < -0.4 is 5.32 Å². The van der Waals surface area contributed by atoms with Crippen molar-refractivity contribution in [3.05, 3.63) is 51.3 Å². The molecule has 2 heterocycles. The number of nitro groups is 1. The van der Waals surface area contributed by atoms with Crippen molar-refractivity contribution in [1.29, 1.82) is 0 Å². The molecule has 0 radical (unpaired) electrons. The average Bonchev–Trinajstić information content (AvgIpc) is 3.19. The number of amides is 3. The Hall–Kier alpha value is -4.09. The number of anilines is 1. The highest BCUT2D eigenvalue weighted by Gasteiger charge is 2.40. The summed E-state index contributed by atoms with van der Waals surface area (Å²) in [5.41, 5.74) is -0.885. The van der Waals surface area contributed by atoms with Crippen LogP contribution in [0.15, 0.2) is 28.8 Å². The van der Waals surface area contributed by atoms with Gasteiger partial charge in [-0.2, -0.15) is 0 Å². The summed E-state index contributed by atoms with van der Waals surface area (Å²) >= 11 is 0. The molecule has 1 aromatic heterocycles. The zero-order valence-electron chi connectivity index (χ0n) is 15.0. The molecule has 1 N–H and O–H groups in total. The summed E-state index contributed by atoms with van der Waals surface area (Å²) in [6.45, 7) is 0.696. The van der Waals surface area contributed by atoms with Crippen molar-refractivity contribution in [2.45, 2.75) is 13.3 Å². The van der Waals surface area contributed by atoms with Gasteiger partial charge in [0, 0.05) is 18.7 Å². The highest BCUT2D eigenvalue weighted by molar-refractivity contribution is 6.23. The Kier molecular flexibility index (Phi) is 5.34. The first-order valence-corrected chi connectivity index (χ1v) is 8.30. The Morgan fingerprint density at radius 2 is 2.07 bits per heavy atom. The lowest BCUT2D eigenvalue weighted by atomic mass is 10.1. The second-order valence-corrected chi connectivity index (χ2v) is 6.00. The third-order valence-electron chi connectivity index (χ3n) is 3.97. The molecule has 0 aliphatic carbocycles. The fourth-order valence-electron chi connectivity index (χ4n) is 2.70. The molecule has 0 bridgehead atoms. The zero-order chi connectivity index (χ0) is 21.1. The molecular formula is C17H14N4O8. The topological polar surface area (TPSA) is 162 Å². The van der Waals surface area contributed by atoms with Crippen LogP contribution >= 0.6 is 0 Å². The van der Waals surface area contributed by atoms with Gasteiger partial charge in [-0.25, -0.2) is 0 Å². The summed E-state index contributed by atoms with van der Waals surface area (Å²) in [7, 11) is 0. The maximum atomic E-state index is 12.4. The van der Waals surface area contributed by atoms with E-state index in [-0.39, 0.29) is 29.9 Å². The number of hydrogen-bond acceptors (Lipinski definition) is 9. The summed E-state index contributed by atoms with van der Waals surface area (Å²) in [6.07, 6.45) is -0.379. The number of esters is 1. The van der Waals surface area contributed by atoms with Gasteiger partial charge in [-0.1, -0.05) is 11.2 Å². The van der Waals surface area contributed by atoms with Gasteiger partial charge in [-0.05, 0) is 13.0 Å². The maximum absolute atomic E-state index is 12.4. The number of carbonyl (C=O) groups excluding carboxylic acids is 4. The predicted octanol–water partition coefficient (Wildman–Crippen LogP) is 1.06. The van der Waals surface area contributed by atoms with Crippen LogP contribution in [0.4, 0.5) is 11.5 Å². The smallest absolute Gasteiger partial charge is 0.308 e. The number of benzene rings is 1. The lowest BCUT2D eigenvalue weighted by molar-refractivity contribution is -0.385. The van der Waals surface area contributed by atoms with Crippen molar-refractivity contribution in [2.24, 2.45) is 0 Å². The van der Waals surface area contributed by atoms with Crippen LogP contribution in [0.1, 0.15) is 32.9 Å². The molecule has 0 atom stereocenters. The van der Waals surface area contributed by atoms with E-state index in [1.165, 1.54) is 18.2 Å². The highest BCUT2D eigenvalue weighted by atomic mass is 16.6. The fraction of sp³-hybridized carbons (Fsp3) is 0.235. The molecule has 12 nitrogen and oxygen atoms in total. The minimum Gasteiger partial charge on any atom is -0.456 e. The van der Waals surface area contributed by atoms with Crippen LogP contribution in [-0.2, 0) is 14.3 Å². The zero-order valence-corrected chi connectivity index (χ0v) is 15.0. The Bertz CT molecular complexity index is 1030. The van der Waals surface area contributed by atoms with Gasteiger partial charge in [0.1, 0.15) is 11.3 Å². The monoisotopic (exact) mass is 402 g/mol. The summed E-state index contributed by atoms with van der Waals surface area (Å²) < 4.78 is 9.56. The lowest BCUT2D eigenvalue weighted by Gasteiger charge is -2.13. The number of nitrogens with one attached hydrogen (secondary N) is 1. The minimum atomic E-state index is -0.857. The molecule has 2 aromatic rings. The Morgan fingerprint density at radius 3 is 2.72 bits per heavy atom. The van der Waals surface area contributed by atoms with Crippen LogP contribution in [0.25, 0.3) is 0 Å². The Balaban J connectivity index is 1.53. The van der Waals surface area contributed by atoms with E-state index < -0.39 is 40.9 Å². The van der Waals surface area contributed by atoms with Crippen LogP contribution in [-0.4, -0.2) is 51.8 Å². The number of nitrogens with zero attached hydrogens (tertiary/aromatic N) is 3. The number of carbonyl (C=O) groups is 4. The molecule has 0 unspecified atom stereocenters. The first kappa shape index (κ1) is 19.7. The molecule has 0 saturated carbocycles. The van der Waals surface area contributed by atoms with E-state index in [9.17, 15) is 29.3 Å². The fourth-order valence-corrected chi connectivity index (χ4v) is 2.70. The highest BCUT2D eigenvalue weighted by Crippen LogP contribution is 2.30. The Labute approximate surface area is 162 Å². The molecule has 12 heteroatoms. The first-order chi connectivity index (χ1) is 13.8. The molecule has 1 aliphatic heterocycles. The van der Waals surface area contributed by atoms with E-state index in [1.807, 2.05) is 0 Å². The molecular weight excluding hydrogens is 388 g/mol. The third kappa shape index (κ3) is 4.10. The predicted molar refractivity (Wildman–Crippen MR) is 93.9 cm³/mol. The molecule has 150 valence electrons. The van der Waals surface area contributed by atoms with Crippen molar-refractivity contribution in [3.8, 4) is 0 Å². The van der Waals surface area contributed by atoms with Crippen molar-refractivity contribution >= 4 is 35.2 Å². The molecule has 1 aromatic carbocycles. The standard InChI is InChI=1S/C17H14N4O8/c1-9-7-12(19-29-9)18-13(22)8-28-14(23)5-6-20-16(24)10-3-2-4-11(21(26)27)15(10)17(20)25/h2-4,7H,5-6,8H2,1H3,(H,18,19,22). The van der Waals surface area contributed by atoms with Gasteiger partial charge in [0.05, 0.1) is 16.9 Å². The second-order valence-electron chi connectivity index (χ2n) is 6.00. The van der Waals surface area contributed by atoms with Gasteiger partial charge in [-0.3, -0.25) is 34.2 Å². The van der Waals surface area contributed by atoms with Crippen LogP contribution in [0, 0.1) is 17.0 Å². The summed E-state index contributed by atoms with van der Waals surface area (Å²) in [6, 6.07) is 5.20. The van der Waals surface area contributed by atoms with E-state index in [1.54, 1.807) is 6.92 Å². The van der Waals surface area contributed by atoms with Gasteiger partial charge < -0.3 is 14.6 Å². The summed E-state index contributed by atoms with van der Waals surface area (Å²) in [4.78, 5) is 59.3. The van der Waals surface area contributed by atoms with Crippen molar-refractivity contribution in [1.82, 2.24) is 10.1 Å². The number of nitro benzene ring substituents is 1. The number of aryl methyl sites for hydroxylation is 1. The average molecular weight is 402 g/mol. The van der Waals surface area contributed by atoms with E-state index in [0.717, 1.165) is 11.0 Å². The molecule has 3 rings (SSSR count). The van der Waals surface area contributed by atoms with Crippen molar-refractivity contribution < 1.29 is 33.4 Å². The number of hydrogen-bond donors (Lipinski definition) is 1. The summed E-state index contributed by atoms with van der Waals surface area (Å²) in [5.74, 6) is -2.43. The normalized spacial score (nSPS) is 12.7. The number of fused-ring (bicyclic) bond motifs is 1. The first-order valence-electron chi connectivity index (χ1n) is 8.30. The number of aromatic nitrogens is 1. The quantitative estimate of drug-likeness (QED) is 0.309. The van der Waals surface area contributed by atoms with Gasteiger partial charge in [0.25, 0.3) is 23.4 Å². The number of rotatable bonds is 7. The molecule has 3 amide bonds. The number of ether oxygens (including phenoxy) is 1. The molecule has 0 fully saturated rings. The van der Waals surface area contributed by atoms with E-state index >= 15 is 0 Å². The molecule has 0 spiro atoms. The van der Waals surface area contributed by atoms with Crippen molar-refractivity contribution in [2.75, 3.05) is 18.5 Å². The van der Waals surface area contributed by atoms with Crippen LogP contribution in [0.2, 0.25) is 0 Å². The Morgan fingerprint density at radius 1 is 1.31 bits per heavy atom. The lowest BCUT2D eigenvalue weighted by Crippen LogP contribution is -2.32. The largest absolute Gasteiger partial charge is 0.456 e. The molecule has 1 aliphatic rings. The van der Waals surface area contributed by atoms with Crippen molar-refractivity contribution in [3.63, 3.8) is 0 Å². The molecule has 0 saturated heterocycles. The van der Waals surface area contributed by atoms with Gasteiger partial charge in [-0.15, -0.1) is 0 Å². The van der Waals surface area contributed by atoms with Gasteiger partial charge in [0.15, 0.2) is 12.4 Å².